The Hall–Kier alpha value is -2.28. The molecule has 4 nitrogen and oxygen atoms in total. The van der Waals surface area contributed by atoms with Gasteiger partial charge in [0.25, 0.3) is 0 Å². The lowest BCUT2D eigenvalue weighted by molar-refractivity contribution is 0.626. The molecule has 4 aromatic rings. The Bertz CT molecular complexity index is 1010. The maximum Gasteiger partial charge on any atom is 0.156 e. The molecule has 3 heterocycles. The maximum atomic E-state index is 6.04. The average Bonchev–Trinajstić information content (AvgIpc) is 3.29. The first-order valence-electron chi connectivity index (χ1n) is 7.90. The Kier molecular flexibility index (Phi) is 3.16. The monoisotopic (exact) mass is 427 g/mol. The van der Waals surface area contributed by atoms with Crippen LogP contribution in [0.15, 0.2) is 59.0 Å². The summed E-state index contributed by atoms with van der Waals surface area (Å²) in [6.45, 7) is 0.935. The molecular formula is C19H14IN3O. The molecule has 0 aliphatic carbocycles. The third-order valence-corrected chi connectivity index (χ3v) is 5.10. The average molecular weight is 427 g/mol. The number of fused-ring (bicyclic) bond motifs is 2. The molecule has 2 aromatic heterocycles. The summed E-state index contributed by atoms with van der Waals surface area (Å²) in [7, 11) is 0. The van der Waals surface area contributed by atoms with Crippen molar-refractivity contribution < 1.29 is 4.42 Å². The Labute approximate surface area is 152 Å². The van der Waals surface area contributed by atoms with Crippen molar-refractivity contribution in [1.29, 1.82) is 0 Å². The minimum Gasteiger partial charge on any atom is -0.454 e. The van der Waals surface area contributed by atoms with Crippen molar-refractivity contribution in [3.8, 4) is 17.1 Å². The van der Waals surface area contributed by atoms with Gasteiger partial charge in [-0.15, -0.1) is 0 Å². The molecule has 0 fully saturated rings. The van der Waals surface area contributed by atoms with E-state index in [4.69, 9.17) is 9.52 Å². The Morgan fingerprint density at radius 1 is 1.08 bits per heavy atom. The van der Waals surface area contributed by atoms with Crippen molar-refractivity contribution in [3.05, 3.63) is 63.7 Å². The van der Waals surface area contributed by atoms with Crippen LogP contribution in [0.1, 0.15) is 5.56 Å². The summed E-state index contributed by atoms with van der Waals surface area (Å²) < 4.78 is 9.24. The molecule has 0 spiro atoms. The maximum absolute atomic E-state index is 6.04. The second-order valence-electron chi connectivity index (χ2n) is 5.89. The molecular weight excluding hydrogens is 413 g/mol. The fraction of sp³-hybridized carbons (Fsp3) is 0.105. The van der Waals surface area contributed by atoms with Crippen molar-refractivity contribution in [2.45, 2.75) is 6.42 Å². The van der Waals surface area contributed by atoms with Crippen LogP contribution in [0.5, 0.6) is 0 Å². The van der Waals surface area contributed by atoms with Gasteiger partial charge < -0.3 is 9.73 Å². The van der Waals surface area contributed by atoms with Crippen molar-refractivity contribution in [3.63, 3.8) is 0 Å². The van der Waals surface area contributed by atoms with E-state index in [0.29, 0.717) is 0 Å². The van der Waals surface area contributed by atoms with Crippen LogP contribution in [0.4, 0.5) is 5.82 Å². The predicted molar refractivity (Wildman–Crippen MR) is 104 cm³/mol. The molecule has 0 amide bonds. The minimum absolute atomic E-state index is 0.834. The van der Waals surface area contributed by atoms with E-state index in [1.165, 1.54) is 9.13 Å². The second kappa shape index (κ2) is 5.37. The van der Waals surface area contributed by atoms with Crippen LogP contribution in [0.25, 0.3) is 28.1 Å². The number of aromatic nitrogens is 2. The zero-order valence-electron chi connectivity index (χ0n) is 12.8. The third kappa shape index (κ3) is 2.15. The number of anilines is 1. The molecule has 1 aliphatic rings. The summed E-state index contributed by atoms with van der Waals surface area (Å²) in [5.41, 5.74) is 4.12. The lowest BCUT2D eigenvalue weighted by atomic mass is 10.1. The number of para-hydroxylation sites is 1. The predicted octanol–water partition coefficient (Wildman–Crippen LogP) is 4.86. The van der Waals surface area contributed by atoms with E-state index < -0.39 is 0 Å². The van der Waals surface area contributed by atoms with Crippen LogP contribution in [-0.2, 0) is 6.42 Å². The van der Waals surface area contributed by atoms with Crippen LogP contribution in [0.2, 0.25) is 0 Å². The molecule has 1 aliphatic heterocycles. The lowest BCUT2D eigenvalue weighted by Gasteiger charge is -2.06. The zero-order chi connectivity index (χ0) is 16.1. The number of halogens is 1. The molecule has 5 rings (SSSR count). The summed E-state index contributed by atoms with van der Waals surface area (Å²) >= 11 is 2.31. The van der Waals surface area contributed by atoms with Gasteiger partial charge in [0.2, 0.25) is 0 Å². The molecule has 0 radical (unpaired) electrons. The van der Waals surface area contributed by atoms with Crippen molar-refractivity contribution >= 4 is 39.4 Å². The lowest BCUT2D eigenvalue weighted by Crippen LogP contribution is -2.04. The van der Waals surface area contributed by atoms with Gasteiger partial charge in [-0.1, -0.05) is 18.2 Å². The van der Waals surface area contributed by atoms with Crippen LogP contribution in [-0.4, -0.2) is 16.3 Å². The molecule has 0 saturated carbocycles. The van der Waals surface area contributed by atoms with Crippen molar-refractivity contribution in [1.82, 2.24) is 9.78 Å². The van der Waals surface area contributed by atoms with E-state index in [0.717, 1.165) is 46.9 Å². The highest BCUT2D eigenvalue weighted by molar-refractivity contribution is 14.1. The van der Waals surface area contributed by atoms with Crippen LogP contribution in [0, 0.1) is 3.57 Å². The molecule has 24 heavy (non-hydrogen) atoms. The number of hydrogen-bond donors (Lipinski definition) is 1. The van der Waals surface area contributed by atoms with E-state index in [2.05, 4.69) is 64.3 Å². The van der Waals surface area contributed by atoms with Gasteiger partial charge in [-0.2, -0.15) is 5.10 Å². The van der Waals surface area contributed by atoms with Gasteiger partial charge in [-0.05, 0) is 65.4 Å². The van der Waals surface area contributed by atoms with Crippen LogP contribution < -0.4 is 5.32 Å². The standard InChI is InChI=1S/C19H14IN3O/c20-13-5-7-14(8-6-13)23-19-15(9-10-21-19)18(22-23)17-11-12-3-1-2-4-16(12)24-17/h1-8,11,21H,9-10H2. The summed E-state index contributed by atoms with van der Waals surface area (Å²) in [5.74, 6) is 1.91. The smallest absolute Gasteiger partial charge is 0.156 e. The van der Waals surface area contributed by atoms with Gasteiger partial charge in [0.1, 0.15) is 17.1 Å². The van der Waals surface area contributed by atoms with E-state index in [1.807, 2.05) is 22.9 Å². The number of nitrogens with zero attached hydrogens (tertiary/aromatic N) is 2. The molecule has 2 aromatic carbocycles. The Morgan fingerprint density at radius 2 is 1.92 bits per heavy atom. The summed E-state index contributed by atoms with van der Waals surface area (Å²) in [6, 6.07) is 18.5. The molecule has 0 atom stereocenters. The SMILES string of the molecule is Ic1ccc(-n2nc(-c3cc4ccccc4o3)c3c2NCC3)cc1. The van der Waals surface area contributed by atoms with Crippen LogP contribution in [0.3, 0.4) is 0 Å². The fourth-order valence-electron chi connectivity index (χ4n) is 3.24. The highest BCUT2D eigenvalue weighted by Crippen LogP contribution is 2.36. The molecule has 0 saturated heterocycles. The van der Waals surface area contributed by atoms with Crippen molar-refractivity contribution in [2.75, 3.05) is 11.9 Å². The van der Waals surface area contributed by atoms with Gasteiger partial charge in [0.05, 0.1) is 5.69 Å². The topological polar surface area (TPSA) is 43.0 Å². The van der Waals surface area contributed by atoms with Gasteiger partial charge in [-0.3, -0.25) is 0 Å². The number of nitrogens with one attached hydrogen (secondary N) is 1. The highest BCUT2D eigenvalue weighted by Gasteiger charge is 2.25. The number of hydrogen-bond acceptors (Lipinski definition) is 3. The Morgan fingerprint density at radius 3 is 2.75 bits per heavy atom. The van der Waals surface area contributed by atoms with Gasteiger partial charge in [-0.25, -0.2) is 4.68 Å². The molecule has 0 bridgehead atoms. The first kappa shape index (κ1) is 14.1. The van der Waals surface area contributed by atoms with Gasteiger partial charge in [0.15, 0.2) is 5.76 Å². The summed E-state index contributed by atoms with van der Waals surface area (Å²) in [6.07, 6.45) is 0.964. The first-order valence-corrected chi connectivity index (χ1v) is 8.98. The summed E-state index contributed by atoms with van der Waals surface area (Å²) in [4.78, 5) is 0. The zero-order valence-corrected chi connectivity index (χ0v) is 14.9. The number of benzene rings is 2. The van der Waals surface area contributed by atoms with Crippen molar-refractivity contribution in [2.24, 2.45) is 0 Å². The van der Waals surface area contributed by atoms with Gasteiger partial charge in [0, 0.05) is 21.1 Å². The van der Waals surface area contributed by atoms with E-state index in [1.54, 1.807) is 0 Å². The molecule has 0 unspecified atom stereocenters. The minimum atomic E-state index is 0.834. The van der Waals surface area contributed by atoms with E-state index >= 15 is 0 Å². The highest BCUT2D eigenvalue weighted by atomic mass is 127. The van der Waals surface area contributed by atoms with E-state index in [-0.39, 0.29) is 0 Å². The van der Waals surface area contributed by atoms with E-state index in [9.17, 15) is 0 Å². The molecule has 1 N–H and O–H groups in total. The van der Waals surface area contributed by atoms with Crippen LogP contribution >= 0.6 is 22.6 Å². The normalized spacial score (nSPS) is 13.2. The fourth-order valence-corrected chi connectivity index (χ4v) is 3.60. The number of rotatable bonds is 2. The summed E-state index contributed by atoms with van der Waals surface area (Å²) in [5, 5.41) is 9.43. The Balaban J connectivity index is 1.69. The first-order chi connectivity index (χ1) is 11.8. The largest absolute Gasteiger partial charge is 0.454 e. The second-order valence-corrected chi connectivity index (χ2v) is 7.13. The third-order valence-electron chi connectivity index (χ3n) is 4.38. The molecule has 5 heteroatoms. The quantitative estimate of drug-likeness (QED) is 0.465. The number of furan rings is 1. The van der Waals surface area contributed by atoms with Gasteiger partial charge >= 0.3 is 0 Å². The molecule has 118 valence electrons.